The molecule has 0 bridgehead atoms. The molecular formula is C27H31N7O2. The number of rotatable bonds is 7. The van der Waals surface area contributed by atoms with Gasteiger partial charge in [-0.2, -0.15) is 10.2 Å². The Morgan fingerprint density at radius 1 is 1.08 bits per heavy atom. The van der Waals surface area contributed by atoms with Crippen molar-refractivity contribution in [3.05, 3.63) is 77.4 Å². The van der Waals surface area contributed by atoms with Crippen molar-refractivity contribution in [2.45, 2.75) is 26.2 Å². The van der Waals surface area contributed by atoms with E-state index in [2.05, 4.69) is 39.1 Å². The van der Waals surface area contributed by atoms with Crippen LogP contribution in [0.1, 0.15) is 30.0 Å². The molecule has 9 heteroatoms. The van der Waals surface area contributed by atoms with Gasteiger partial charge in [0, 0.05) is 23.9 Å². The highest BCUT2D eigenvalue weighted by Gasteiger charge is 2.11. The predicted octanol–water partition coefficient (Wildman–Crippen LogP) is 3.86. The SMILES string of the molecule is CC(=N)/C(C=O)=N/Nc1cccc(-c2cccc(/C(N)=N/N)c2)c1O.CNc1ccc2c(c1)CCC2. The van der Waals surface area contributed by atoms with Crippen LogP contribution in [0.5, 0.6) is 5.75 Å². The molecule has 9 nitrogen and oxygen atoms in total. The molecule has 0 fully saturated rings. The quantitative estimate of drug-likeness (QED) is 0.0743. The molecule has 0 spiro atoms. The van der Waals surface area contributed by atoms with Gasteiger partial charge in [0.25, 0.3) is 0 Å². The van der Waals surface area contributed by atoms with E-state index in [9.17, 15) is 9.90 Å². The summed E-state index contributed by atoms with van der Waals surface area (Å²) in [6.07, 6.45) is 4.35. The molecule has 3 aromatic rings. The molecule has 3 aromatic carbocycles. The number of fused-ring (bicyclic) bond motifs is 1. The zero-order chi connectivity index (χ0) is 26.1. The van der Waals surface area contributed by atoms with Crippen molar-refractivity contribution in [1.82, 2.24) is 0 Å². The van der Waals surface area contributed by atoms with Crippen molar-refractivity contribution in [1.29, 1.82) is 5.41 Å². The van der Waals surface area contributed by atoms with E-state index in [1.807, 2.05) is 7.05 Å². The van der Waals surface area contributed by atoms with Gasteiger partial charge in [-0.25, -0.2) is 0 Å². The maximum atomic E-state index is 10.9. The standard InChI is InChI=1S/C17H18N6O2.C10H13N/c1-10(18)15(9-24)23-22-14-7-3-6-13(16(14)25)11-4-2-5-12(8-11)17(19)21-20;1-11-10-6-5-8-3-2-4-9(8)7-10/h2-9,18,22,25H,20H2,1H3,(H2,19,21);5-7,11H,2-4H2,1H3/b18-10?,23-15+;. The van der Waals surface area contributed by atoms with Gasteiger partial charge < -0.3 is 27.4 Å². The lowest BCUT2D eigenvalue weighted by Gasteiger charge is -2.11. The van der Waals surface area contributed by atoms with Crippen molar-refractivity contribution in [3.63, 3.8) is 0 Å². The number of phenols is 1. The number of para-hydroxylation sites is 1. The smallest absolute Gasteiger partial charge is 0.172 e. The van der Waals surface area contributed by atoms with Gasteiger partial charge in [0.05, 0.1) is 11.4 Å². The number of carbonyl (C=O) groups excluding carboxylic acids is 1. The molecule has 186 valence electrons. The van der Waals surface area contributed by atoms with E-state index in [1.54, 1.807) is 48.0 Å². The number of nitrogens with two attached hydrogens (primary N) is 2. The molecule has 1 aliphatic carbocycles. The number of aromatic hydroxyl groups is 1. The molecule has 0 heterocycles. The summed E-state index contributed by atoms with van der Waals surface area (Å²) in [6, 6.07) is 18.8. The van der Waals surface area contributed by atoms with E-state index in [4.69, 9.17) is 17.0 Å². The van der Waals surface area contributed by atoms with Crippen LogP contribution in [0.4, 0.5) is 11.4 Å². The highest BCUT2D eigenvalue weighted by atomic mass is 16.3. The van der Waals surface area contributed by atoms with Crippen LogP contribution in [0.3, 0.4) is 0 Å². The molecule has 8 N–H and O–H groups in total. The normalized spacial score (nSPS) is 12.7. The minimum Gasteiger partial charge on any atom is -0.505 e. The number of aryl methyl sites for hydroxylation is 2. The van der Waals surface area contributed by atoms with E-state index >= 15 is 0 Å². The Hall–Kier alpha value is -4.66. The predicted molar refractivity (Wildman–Crippen MR) is 147 cm³/mol. The third kappa shape index (κ3) is 6.26. The number of amidine groups is 1. The Labute approximate surface area is 210 Å². The lowest BCUT2D eigenvalue weighted by atomic mass is 10.0. The van der Waals surface area contributed by atoms with Gasteiger partial charge in [-0.1, -0.05) is 36.4 Å². The van der Waals surface area contributed by atoms with Crippen LogP contribution >= 0.6 is 0 Å². The van der Waals surface area contributed by atoms with E-state index in [0.29, 0.717) is 28.7 Å². The maximum Gasteiger partial charge on any atom is 0.172 e. The number of hydrogen-bond acceptors (Lipinski definition) is 8. The van der Waals surface area contributed by atoms with Gasteiger partial charge in [-0.05, 0) is 67.1 Å². The summed E-state index contributed by atoms with van der Waals surface area (Å²) in [5.41, 5.74) is 14.8. The number of benzene rings is 3. The molecule has 0 amide bonds. The Morgan fingerprint density at radius 3 is 2.53 bits per heavy atom. The number of nitrogens with one attached hydrogen (secondary N) is 3. The lowest BCUT2D eigenvalue weighted by molar-refractivity contribution is -0.102. The van der Waals surface area contributed by atoms with Gasteiger partial charge >= 0.3 is 0 Å². The first-order chi connectivity index (χ1) is 17.4. The molecule has 0 saturated heterocycles. The highest BCUT2D eigenvalue weighted by Crippen LogP contribution is 2.35. The second kappa shape index (κ2) is 12.2. The molecule has 36 heavy (non-hydrogen) atoms. The average molecular weight is 486 g/mol. The minimum atomic E-state index is -0.0567. The van der Waals surface area contributed by atoms with Crippen molar-refractivity contribution in [3.8, 4) is 16.9 Å². The zero-order valence-electron chi connectivity index (χ0n) is 20.4. The zero-order valence-corrected chi connectivity index (χ0v) is 20.4. The van der Waals surface area contributed by atoms with Gasteiger partial charge in [0.1, 0.15) is 17.3 Å². The van der Waals surface area contributed by atoms with Crippen LogP contribution in [-0.2, 0) is 17.6 Å². The van der Waals surface area contributed by atoms with Crippen LogP contribution in [-0.4, -0.2) is 35.7 Å². The molecule has 0 saturated carbocycles. The van der Waals surface area contributed by atoms with Crippen molar-refractivity contribution < 1.29 is 9.90 Å². The number of hydrazone groups is 2. The summed E-state index contributed by atoms with van der Waals surface area (Å²) in [5, 5.41) is 28.4. The monoisotopic (exact) mass is 485 g/mol. The first kappa shape index (κ1) is 26.0. The maximum absolute atomic E-state index is 10.9. The number of aldehydes is 1. The number of carbonyl (C=O) groups is 1. The fraction of sp³-hybridized carbons (Fsp3) is 0.185. The summed E-state index contributed by atoms with van der Waals surface area (Å²) in [4.78, 5) is 10.9. The van der Waals surface area contributed by atoms with Gasteiger partial charge in [-0.3, -0.25) is 10.2 Å². The molecule has 1 aliphatic rings. The second-order valence-electron chi connectivity index (χ2n) is 8.24. The molecule has 0 radical (unpaired) electrons. The highest BCUT2D eigenvalue weighted by molar-refractivity contribution is 6.60. The largest absolute Gasteiger partial charge is 0.505 e. The van der Waals surface area contributed by atoms with Crippen molar-refractivity contribution in [2.24, 2.45) is 21.8 Å². The summed E-state index contributed by atoms with van der Waals surface area (Å²) in [6.45, 7) is 1.44. The summed E-state index contributed by atoms with van der Waals surface area (Å²) in [7, 11) is 1.97. The van der Waals surface area contributed by atoms with E-state index in [-0.39, 0.29) is 23.0 Å². The summed E-state index contributed by atoms with van der Waals surface area (Å²) >= 11 is 0. The van der Waals surface area contributed by atoms with E-state index in [1.165, 1.54) is 37.4 Å². The second-order valence-corrected chi connectivity index (χ2v) is 8.24. The van der Waals surface area contributed by atoms with Gasteiger partial charge in [-0.15, -0.1) is 0 Å². The molecule has 0 aromatic heterocycles. The molecular weight excluding hydrogens is 454 g/mol. The number of phenolic OH excluding ortho intramolecular Hbond substituents is 1. The van der Waals surface area contributed by atoms with Crippen LogP contribution in [0, 0.1) is 5.41 Å². The van der Waals surface area contributed by atoms with Crippen LogP contribution in [0.15, 0.2) is 70.9 Å². The van der Waals surface area contributed by atoms with Crippen LogP contribution < -0.4 is 22.3 Å². The van der Waals surface area contributed by atoms with Crippen molar-refractivity contribution >= 4 is 34.9 Å². The molecule has 0 atom stereocenters. The Balaban J connectivity index is 0.000000270. The first-order valence-electron chi connectivity index (χ1n) is 11.5. The van der Waals surface area contributed by atoms with Gasteiger partial charge in [0.2, 0.25) is 0 Å². The molecule has 0 aliphatic heterocycles. The fourth-order valence-corrected chi connectivity index (χ4v) is 3.83. The summed E-state index contributed by atoms with van der Waals surface area (Å²) in [5.74, 6) is 5.32. The Kier molecular flexibility index (Phi) is 8.77. The summed E-state index contributed by atoms with van der Waals surface area (Å²) < 4.78 is 0. The molecule has 4 rings (SSSR count). The first-order valence-corrected chi connectivity index (χ1v) is 11.5. The third-order valence-electron chi connectivity index (χ3n) is 5.82. The number of hydrogen-bond donors (Lipinski definition) is 6. The Bertz CT molecular complexity index is 1320. The van der Waals surface area contributed by atoms with Crippen LogP contribution in [0.2, 0.25) is 0 Å². The fourth-order valence-electron chi connectivity index (χ4n) is 3.83. The third-order valence-corrected chi connectivity index (χ3v) is 5.82. The lowest BCUT2D eigenvalue weighted by Crippen LogP contribution is -2.15. The number of nitrogens with zero attached hydrogens (tertiary/aromatic N) is 2. The van der Waals surface area contributed by atoms with Crippen LogP contribution in [0.25, 0.3) is 11.1 Å². The van der Waals surface area contributed by atoms with E-state index < -0.39 is 0 Å². The van der Waals surface area contributed by atoms with Gasteiger partial charge in [0.15, 0.2) is 6.29 Å². The van der Waals surface area contributed by atoms with Crippen molar-refractivity contribution in [2.75, 3.05) is 17.8 Å². The topological polar surface area (TPSA) is 162 Å². The Morgan fingerprint density at radius 2 is 1.83 bits per heavy atom. The molecule has 0 unspecified atom stereocenters. The minimum absolute atomic E-state index is 0.0161. The van der Waals surface area contributed by atoms with E-state index in [0.717, 1.165) is 0 Å². The average Bonchev–Trinajstić information content (AvgIpc) is 3.37. The number of anilines is 2.